The van der Waals surface area contributed by atoms with E-state index in [0.29, 0.717) is 12.2 Å². The van der Waals surface area contributed by atoms with Gasteiger partial charge in [-0.05, 0) is 42.9 Å². The van der Waals surface area contributed by atoms with E-state index in [4.69, 9.17) is 4.74 Å². The smallest absolute Gasteiger partial charge is 0.140 e. The Morgan fingerprint density at radius 1 is 1.42 bits per heavy atom. The first kappa shape index (κ1) is 13.9. The second-order valence-corrected chi connectivity index (χ2v) is 5.08. The Balaban J connectivity index is 1.95. The maximum absolute atomic E-state index is 12.0. The fraction of sp³-hybridized carbons (Fsp3) is 0.471. The van der Waals surface area contributed by atoms with Crippen LogP contribution in [0, 0.1) is 5.92 Å². The molecule has 0 saturated heterocycles. The number of methoxy groups -OCH3 is 1. The van der Waals surface area contributed by atoms with Gasteiger partial charge in [0.1, 0.15) is 11.5 Å². The maximum Gasteiger partial charge on any atom is 0.140 e. The molecule has 0 amide bonds. The molecule has 1 aromatic carbocycles. The minimum absolute atomic E-state index is 0.170. The number of hydrogen-bond donors (Lipinski definition) is 0. The Morgan fingerprint density at radius 2 is 2.26 bits per heavy atom. The number of rotatable bonds is 6. The van der Waals surface area contributed by atoms with Crippen LogP contribution >= 0.6 is 0 Å². The van der Waals surface area contributed by atoms with E-state index in [2.05, 4.69) is 31.2 Å². The second kappa shape index (κ2) is 6.55. The highest BCUT2D eigenvalue weighted by Crippen LogP contribution is 2.23. The summed E-state index contributed by atoms with van der Waals surface area (Å²) in [5.74, 6) is 1.49. The Hall–Kier alpha value is -1.57. The van der Waals surface area contributed by atoms with Crippen molar-refractivity contribution in [2.75, 3.05) is 7.11 Å². The molecule has 0 aromatic heterocycles. The molecule has 0 fully saturated rings. The molecule has 1 atom stereocenters. The van der Waals surface area contributed by atoms with Crippen LogP contribution in [0.5, 0.6) is 5.75 Å². The summed E-state index contributed by atoms with van der Waals surface area (Å²) in [7, 11) is 1.70. The van der Waals surface area contributed by atoms with Gasteiger partial charge in [-0.2, -0.15) is 0 Å². The predicted octanol–water partition coefficient (Wildman–Crippen LogP) is 3.73. The molecule has 1 aromatic rings. The minimum atomic E-state index is 0.170. The van der Waals surface area contributed by atoms with Crippen LogP contribution in [0.15, 0.2) is 30.4 Å². The summed E-state index contributed by atoms with van der Waals surface area (Å²) in [5.41, 5.74) is 2.45. The lowest BCUT2D eigenvalue weighted by atomic mass is 9.96. The second-order valence-electron chi connectivity index (χ2n) is 5.08. The molecule has 1 aliphatic rings. The maximum atomic E-state index is 12.0. The van der Waals surface area contributed by atoms with Crippen molar-refractivity contribution in [3.05, 3.63) is 41.5 Å². The number of hydrogen-bond acceptors (Lipinski definition) is 2. The van der Waals surface area contributed by atoms with Crippen molar-refractivity contribution in [1.82, 2.24) is 0 Å². The molecule has 0 heterocycles. The van der Waals surface area contributed by atoms with Crippen LogP contribution in [0.2, 0.25) is 0 Å². The third-order valence-corrected chi connectivity index (χ3v) is 3.81. The lowest BCUT2D eigenvalue weighted by Crippen LogP contribution is -2.10. The first-order valence-electron chi connectivity index (χ1n) is 7.09. The molecule has 1 unspecified atom stereocenters. The van der Waals surface area contributed by atoms with Gasteiger partial charge in [-0.25, -0.2) is 0 Å². The quantitative estimate of drug-likeness (QED) is 0.727. The summed E-state index contributed by atoms with van der Waals surface area (Å²) in [6.07, 6.45) is 8.67. The van der Waals surface area contributed by atoms with Gasteiger partial charge in [-0.15, -0.1) is 0 Å². The summed E-state index contributed by atoms with van der Waals surface area (Å²) >= 11 is 0. The molecule has 0 bridgehead atoms. The zero-order valence-corrected chi connectivity index (χ0v) is 11.8. The van der Waals surface area contributed by atoms with Gasteiger partial charge in [0, 0.05) is 12.3 Å². The molecular weight excluding hydrogens is 236 g/mol. The largest absolute Gasteiger partial charge is 0.496 e. The molecule has 19 heavy (non-hydrogen) atoms. The Morgan fingerprint density at radius 3 is 2.89 bits per heavy atom. The number of allylic oxidation sites excluding steroid dienone is 2. The lowest BCUT2D eigenvalue weighted by Gasteiger charge is -2.10. The molecule has 0 radical (unpaired) electrons. The Bertz CT molecular complexity index is 474. The highest BCUT2D eigenvalue weighted by molar-refractivity contribution is 5.83. The number of carbonyl (C=O) groups excluding carboxylic acids is 1. The van der Waals surface area contributed by atoms with Crippen LogP contribution in [-0.2, 0) is 17.6 Å². The van der Waals surface area contributed by atoms with Gasteiger partial charge in [-0.1, -0.05) is 31.2 Å². The number of carbonyl (C=O) groups is 1. The van der Waals surface area contributed by atoms with Crippen molar-refractivity contribution >= 4 is 5.78 Å². The summed E-state index contributed by atoms with van der Waals surface area (Å²) in [5, 5.41) is 0. The molecular formula is C17H22O2. The first-order valence-corrected chi connectivity index (χ1v) is 7.09. The average molecular weight is 258 g/mol. The molecule has 0 aliphatic heterocycles. The zero-order chi connectivity index (χ0) is 13.7. The highest BCUT2D eigenvalue weighted by Gasteiger charge is 2.17. The van der Waals surface area contributed by atoms with Gasteiger partial charge in [0.05, 0.1) is 7.11 Å². The van der Waals surface area contributed by atoms with E-state index in [-0.39, 0.29) is 5.92 Å². The van der Waals surface area contributed by atoms with Crippen molar-refractivity contribution in [2.24, 2.45) is 5.92 Å². The van der Waals surface area contributed by atoms with Crippen LogP contribution < -0.4 is 4.74 Å². The van der Waals surface area contributed by atoms with Crippen molar-refractivity contribution in [3.63, 3.8) is 0 Å². The van der Waals surface area contributed by atoms with E-state index in [1.165, 1.54) is 11.1 Å². The summed E-state index contributed by atoms with van der Waals surface area (Å²) in [6, 6.07) is 6.24. The Labute approximate surface area is 115 Å². The van der Waals surface area contributed by atoms with Gasteiger partial charge in [0.2, 0.25) is 0 Å². The van der Waals surface area contributed by atoms with Gasteiger partial charge in [-0.3, -0.25) is 4.79 Å². The van der Waals surface area contributed by atoms with Crippen molar-refractivity contribution in [1.29, 1.82) is 0 Å². The van der Waals surface area contributed by atoms with E-state index in [1.54, 1.807) is 7.11 Å². The fourth-order valence-electron chi connectivity index (χ4n) is 2.62. The fourth-order valence-corrected chi connectivity index (χ4v) is 2.62. The van der Waals surface area contributed by atoms with Crippen LogP contribution in [0.25, 0.3) is 0 Å². The number of ketones is 1. The molecule has 2 rings (SSSR count). The Kier molecular flexibility index (Phi) is 4.78. The lowest BCUT2D eigenvalue weighted by molar-refractivity contribution is -0.121. The van der Waals surface area contributed by atoms with E-state index in [9.17, 15) is 4.79 Å². The molecule has 102 valence electrons. The van der Waals surface area contributed by atoms with E-state index >= 15 is 0 Å². The van der Waals surface area contributed by atoms with E-state index in [0.717, 1.165) is 31.4 Å². The van der Waals surface area contributed by atoms with E-state index < -0.39 is 0 Å². The molecule has 0 spiro atoms. The molecule has 0 N–H and O–H groups in total. The van der Waals surface area contributed by atoms with Crippen LogP contribution in [0.3, 0.4) is 0 Å². The monoisotopic (exact) mass is 258 g/mol. The van der Waals surface area contributed by atoms with Crippen LogP contribution in [0.1, 0.15) is 37.3 Å². The van der Waals surface area contributed by atoms with Crippen molar-refractivity contribution in [3.8, 4) is 5.75 Å². The van der Waals surface area contributed by atoms with Crippen LogP contribution in [0.4, 0.5) is 0 Å². The molecule has 2 nitrogen and oxygen atoms in total. The standard InChI is InChI=1S/C17H22O2/c1-3-14-12-13(9-11-17(14)19-2)8-10-16(18)15-6-4-5-7-15/h4,6,9,11-12,15H,3,5,7-8,10H2,1-2H3. The summed E-state index contributed by atoms with van der Waals surface area (Å²) in [4.78, 5) is 12.0. The molecule has 1 aliphatic carbocycles. The number of ether oxygens (including phenoxy) is 1. The average Bonchev–Trinajstić information content (AvgIpc) is 2.98. The van der Waals surface area contributed by atoms with Gasteiger partial charge in [0.25, 0.3) is 0 Å². The van der Waals surface area contributed by atoms with Crippen molar-refractivity contribution in [2.45, 2.75) is 39.0 Å². The summed E-state index contributed by atoms with van der Waals surface area (Å²) < 4.78 is 5.32. The SMILES string of the molecule is CCc1cc(CCC(=O)C2C=CCC2)ccc1OC. The third-order valence-electron chi connectivity index (χ3n) is 3.81. The number of Topliss-reactive ketones (excluding diaryl/α,β-unsaturated/α-hetero) is 1. The first-order chi connectivity index (χ1) is 9.24. The summed E-state index contributed by atoms with van der Waals surface area (Å²) in [6.45, 7) is 2.12. The topological polar surface area (TPSA) is 26.3 Å². The number of benzene rings is 1. The predicted molar refractivity (Wildman–Crippen MR) is 77.6 cm³/mol. The van der Waals surface area contributed by atoms with Gasteiger partial charge >= 0.3 is 0 Å². The van der Waals surface area contributed by atoms with E-state index in [1.807, 2.05) is 6.07 Å². The third kappa shape index (κ3) is 3.46. The highest BCUT2D eigenvalue weighted by atomic mass is 16.5. The van der Waals surface area contributed by atoms with Gasteiger partial charge < -0.3 is 4.74 Å². The normalized spacial score (nSPS) is 17.7. The van der Waals surface area contributed by atoms with Crippen LogP contribution in [-0.4, -0.2) is 12.9 Å². The van der Waals surface area contributed by atoms with Crippen molar-refractivity contribution < 1.29 is 9.53 Å². The van der Waals surface area contributed by atoms with Gasteiger partial charge in [0.15, 0.2) is 0 Å². The molecule has 2 heteroatoms. The molecule has 0 saturated carbocycles. The zero-order valence-electron chi connectivity index (χ0n) is 11.8. The minimum Gasteiger partial charge on any atom is -0.496 e. The number of aryl methyl sites for hydroxylation is 2.